The van der Waals surface area contributed by atoms with Gasteiger partial charge in [-0.1, -0.05) is 40.2 Å². The van der Waals surface area contributed by atoms with Gasteiger partial charge in [0.15, 0.2) is 0 Å². The molecule has 0 saturated heterocycles. The van der Waals surface area contributed by atoms with E-state index in [1.165, 1.54) is 24.5 Å². The number of hydrogen-bond donors (Lipinski definition) is 1. The van der Waals surface area contributed by atoms with Crippen LogP contribution in [0.5, 0.6) is 0 Å². The highest BCUT2D eigenvalue weighted by Crippen LogP contribution is 2.43. The fraction of sp³-hybridized carbons (Fsp3) is 0.294. The molecule has 3 rings (SSSR count). The fourth-order valence-electron chi connectivity index (χ4n) is 2.60. The summed E-state index contributed by atoms with van der Waals surface area (Å²) >= 11 is 3.34. The van der Waals surface area contributed by atoms with Gasteiger partial charge in [-0.3, -0.25) is 0 Å². The van der Waals surface area contributed by atoms with Crippen molar-refractivity contribution in [3.63, 3.8) is 0 Å². The summed E-state index contributed by atoms with van der Waals surface area (Å²) in [5, 5.41) is 10.5. The monoisotopic (exact) mass is 334 g/mol. The van der Waals surface area contributed by atoms with Crippen molar-refractivity contribution in [2.75, 3.05) is 0 Å². The van der Waals surface area contributed by atoms with Gasteiger partial charge < -0.3 is 5.11 Å². The maximum Gasteiger partial charge on any atom is 0.126 e. The minimum absolute atomic E-state index is 0.267. The van der Waals surface area contributed by atoms with Crippen molar-refractivity contribution in [2.24, 2.45) is 0 Å². The number of aliphatic hydroxyl groups excluding tert-OH is 1. The van der Waals surface area contributed by atoms with Crippen molar-refractivity contribution in [3.8, 4) is 0 Å². The van der Waals surface area contributed by atoms with Crippen molar-refractivity contribution < 1.29 is 9.50 Å². The fourth-order valence-corrected chi connectivity index (χ4v) is 3.01. The maximum absolute atomic E-state index is 13.8. The van der Waals surface area contributed by atoms with E-state index in [2.05, 4.69) is 22.0 Å². The maximum atomic E-state index is 13.8. The normalized spacial score (nSPS) is 16.1. The van der Waals surface area contributed by atoms with Crippen molar-refractivity contribution in [1.82, 2.24) is 0 Å². The highest BCUT2D eigenvalue weighted by atomic mass is 79.9. The minimum atomic E-state index is -0.657. The molecular weight excluding hydrogens is 319 g/mol. The Hall–Kier alpha value is -1.19. The molecule has 3 heteroatoms. The molecule has 20 heavy (non-hydrogen) atoms. The summed E-state index contributed by atoms with van der Waals surface area (Å²) in [5.41, 5.74) is 2.70. The van der Waals surface area contributed by atoms with Gasteiger partial charge in [-0.25, -0.2) is 4.39 Å². The summed E-state index contributed by atoms with van der Waals surface area (Å²) in [4.78, 5) is 0. The third-order valence-corrected chi connectivity index (χ3v) is 4.29. The van der Waals surface area contributed by atoms with Gasteiger partial charge in [-0.2, -0.15) is 0 Å². The smallest absolute Gasteiger partial charge is 0.126 e. The van der Waals surface area contributed by atoms with Crippen LogP contribution in [-0.4, -0.2) is 5.11 Å². The van der Waals surface area contributed by atoms with Crippen molar-refractivity contribution in [3.05, 3.63) is 69.4 Å². The lowest BCUT2D eigenvalue weighted by molar-refractivity contribution is 0.176. The second-order valence-electron chi connectivity index (χ2n) is 5.36. The Labute approximate surface area is 126 Å². The average Bonchev–Trinajstić information content (AvgIpc) is 3.27. The summed E-state index contributed by atoms with van der Waals surface area (Å²) < 4.78 is 14.6. The summed E-state index contributed by atoms with van der Waals surface area (Å²) in [6, 6.07) is 12.8. The van der Waals surface area contributed by atoms with Crippen LogP contribution >= 0.6 is 15.9 Å². The first kappa shape index (κ1) is 13.8. The first-order chi connectivity index (χ1) is 9.65. The van der Waals surface area contributed by atoms with Crippen LogP contribution in [0, 0.1) is 5.82 Å². The third kappa shape index (κ3) is 2.94. The van der Waals surface area contributed by atoms with E-state index in [0.717, 1.165) is 10.0 Å². The molecule has 0 heterocycles. The first-order valence-electron chi connectivity index (χ1n) is 6.86. The molecule has 0 spiro atoms. The van der Waals surface area contributed by atoms with E-state index < -0.39 is 6.10 Å². The zero-order chi connectivity index (χ0) is 14.1. The van der Waals surface area contributed by atoms with Gasteiger partial charge in [0.05, 0.1) is 6.10 Å². The Morgan fingerprint density at radius 1 is 1.20 bits per heavy atom. The van der Waals surface area contributed by atoms with Crippen molar-refractivity contribution in [1.29, 1.82) is 0 Å². The SMILES string of the molecule is OC(Cc1cc(Br)ccc1F)c1ccccc1C1CC1. The molecule has 1 aliphatic carbocycles. The second-order valence-corrected chi connectivity index (χ2v) is 6.27. The van der Waals surface area contributed by atoms with Gasteiger partial charge in [-0.05, 0) is 53.6 Å². The van der Waals surface area contributed by atoms with E-state index in [-0.39, 0.29) is 5.82 Å². The van der Waals surface area contributed by atoms with Crippen molar-refractivity contribution >= 4 is 15.9 Å². The zero-order valence-electron chi connectivity index (χ0n) is 11.0. The van der Waals surface area contributed by atoms with Gasteiger partial charge in [-0.15, -0.1) is 0 Å². The molecule has 1 unspecified atom stereocenters. The number of aliphatic hydroxyl groups is 1. The molecule has 0 amide bonds. The van der Waals surface area contributed by atoms with Gasteiger partial charge in [0.2, 0.25) is 0 Å². The molecule has 1 fully saturated rings. The average molecular weight is 335 g/mol. The number of hydrogen-bond acceptors (Lipinski definition) is 1. The van der Waals surface area contributed by atoms with E-state index in [4.69, 9.17) is 0 Å². The molecule has 1 N–H and O–H groups in total. The van der Waals surface area contributed by atoms with Crippen LogP contribution in [0.25, 0.3) is 0 Å². The molecule has 0 aromatic heterocycles. The Balaban J connectivity index is 1.86. The molecule has 1 nitrogen and oxygen atoms in total. The summed E-state index contributed by atoms with van der Waals surface area (Å²) in [5.74, 6) is 0.310. The molecule has 2 aromatic carbocycles. The van der Waals surface area contributed by atoms with Gasteiger partial charge in [0.25, 0.3) is 0 Å². The Morgan fingerprint density at radius 2 is 1.95 bits per heavy atom. The molecule has 0 bridgehead atoms. The third-order valence-electron chi connectivity index (χ3n) is 3.79. The predicted octanol–water partition coefficient (Wildman–Crippen LogP) is 4.74. The van der Waals surface area contributed by atoms with Gasteiger partial charge >= 0.3 is 0 Å². The van der Waals surface area contributed by atoms with Crippen molar-refractivity contribution in [2.45, 2.75) is 31.3 Å². The van der Waals surface area contributed by atoms with Crippen LogP contribution < -0.4 is 0 Å². The molecule has 1 aliphatic rings. The van der Waals surface area contributed by atoms with E-state index in [1.807, 2.05) is 18.2 Å². The molecule has 0 aliphatic heterocycles. The quantitative estimate of drug-likeness (QED) is 0.855. The van der Waals surface area contributed by atoms with E-state index in [1.54, 1.807) is 12.1 Å². The topological polar surface area (TPSA) is 20.2 Å². The highest BCUT2D eigenvalue weighted by Gasteiger charge is 2.27. The van der Waals surface area contributed by atoms with Crippen LogP contribution in [0.2, 0.25) is 0 Å². The molecule has 2 aromatic rings. The van der Waals surface area contributed by atoms with Crippen LogP contribution in [0.1, 0.15) is 41.6 Å². The Kier molecular flexibility index (Phi) is 3.90. The van der Waals surface area contributed by atoms with Gasteiger partial charge in [0, 0.05) is 10.9 Å². The van der Waals surface area contributed by atoms with Crippen LogP contribution in [-0.2, 0) is 6.42 Å². The molecule has 1 atom stereocenters. The van der Waals surface area contributed by atoms with Crippen LogP contribution in [0.3, 0.4) is 0 Å². The molecular formula is C17H16BrFO. The Bertz CT molecular complexity index is 622. The number of benzene rings is 2. The lowest BCUT2D eigenvalue weighted by Crippen LogP contribution is -2.06. The highest BCUT2D eigenvalue weighted by molar-refractivity contribution is 9.10. The summed E-state index contributed by atoms with van der Waals surface area (Å²) in [6.07, 6.45) is 2.02. The zero-order valence-corrected chi connectivity index (χ0v) is 12.6. The standard InChI is InChI=1S/C17H16BrFO/c18-13-7-8-16(19)12(9-13)10-17(20)15-4-2-1-3-14(15)11-5-6-11/h1-4,7-9,11,17,20H,5-6,10H2. The molecule has 104 valence electrons. The first-order valence-corrected chi connectivity index (χ1v) is 7.65. The number of rotatable bonds is 4. The van der Waals surface area contributed by atoms with Gasteiger partial charge in [0.1, 0.15) is 5.82 Å². The van der Waals surface area contributed by atoms with Crippen LogP contribution in [0.4, 0.5) is 4.39 Å². The lowest BCUT2D eigenvalue weighted by atomic mass is 9.94. The number of halogens is 2. The second kappa shape index (κ2) is 5.66. The van der Waals surface area contributed by atoms with E-state index in [0.29, 0.717) is 17.9 Å². The largest absolute Gasteiger partial charge is 0.388 e. The molecule has 0 radical (unpaired) electrons. The van der Waals surface area contributed by atoms with Crippen LogP contribution in [0.15, 0.2) is 46.9 Å². The van der Waals surface area contributed by atoms with E-state index in [9.17, 15) is 9.50 Å². The minimum Gasteiger partial charge on any atom is -0.388 e. The predicted molar refractivity (Wildman–Crippen MR) is 81.2 cm³/mol. The Morgan fingerprint density at radius 3 is 2.70 bits per heavy atom. The summed E-state index contributed by atoms with van der Waals surface area (Å²) in [7, 11) is 0. The summed E-state index contributed by atoms with van der Waals surface area (Å²) in [6.45, 7) is 0. The molecule has 1 saturated carbocycles. The van der Waals surface area contributed by atoms with E-state index >= 15 is 0 Å². The lowest BCUT2D eigenvalue weighted by Gasteiger charge is -2.16.